The summed E-state index contributed by atoms with van der Waals surface area (Å²) in [6.45, 7) is 9.96. The van der Waals surface area contributed by atoms with Gasteiger partial charge in [0.15, 0.2) is 0 Å². The maximum atomic E-state index is 11.9. The van der Waals surface area contributed by atoms with Crippen molar-refractivity contribution in [3.05, 3.63) is 0 Å². The molecule has 0 fully saturated rings. The van der Waals surface area contributed by atoms with Crippen LogP contribution in [0.15, 0.2) is 0 Å². The lowest BCUT2D eigenvalue weighted by molar-refractivity contribution is -0.126. The molecule has 0 radical (unpaired) electrons. The standard InChI is InChI=1S/C13H29N3O/c1-11(12(17)14-13(2,3)4)16(7)10-8-9-15(5)6/h11H,8-10H2,1-7H3,(H,14,17). The van der Waals surface area contributed by atoms with Crippen molar-refractivity contribution < 1.29 is 4.79 Å². The van der Waals surface area contributed by atoms with Gasteiger partial charge in [0.1, 0.15) is 0 Å². The first kappa shape index (κ1) is 16.4. The van der Waals surface area contributed by atoms with Gasteiger partial charge in [-0.1, -0.05) is 0 Å². The molecule has 0 saturated carbocycles. The van der Waals surface area contributed by atoms with E-state index in [1.807, 2.05) is 34.7 Å². The zero-order valence-electron chi connectivity index (χ0n) is 12.5. The predicted molar refractivity (Wildman–Crippen MR) is 73.2 cm³/mol. The van der Waals surface area contributed by atoms with Crippen LogP contribution < -0.4 is 5.32 Å². The van der Waals surface area contributed by atoms with Gasteiger partial charge in [-0.25, -0.2) is 0 Å². The molecule has 1 N–H and O–H groups in total. The van der Waals surface area contributed by atoms with Gasteiger partial charge < -0.3 is 10.2 Å². The van der Waals surface area contributed by atoms with Gasteiger partial charge in [0.05, 0.1) is 6.04 Å². The van der Waals surface area contributed by atoms with E-state index in [-0.39, 0.29) is 17.5 Å². The molecule has 102 valence electrons. The van der Waals surface area contributed by atoms with Gasteiger partial charge in [0.2, 0.25) is 5.91 Å². The van der Waals surface area contributed by atoms with Crippen LogP contribution in [0, 0.1) is 0 Å². The quantitative estimate of drug-likeness (QED) is 0.761. The number of likely N-dealkylation sites (N-methyl/N-ethyl adjacent to an activating group) is 1. The van der Waals surface area contributed by atoms with Crippen LogP contribution in [0.4, 0.5) is 0 Å². The third-order valence-corrected chi connectivity index (χ3v) is 2.65. The topological polar surface area (TPSA) is 35.6 Å². The second-order valence-corrected chi connectivity index (χ2v) is 6.05. The Hall–Kier alpha value is -0.610. The molecule has 17 heavy (non-hydrogen) atoms. The van der Waals surface area contributed by atoms with Crippen LogP contribution in [0.25, 0.3) is 0 Å². The fourth-order valence-electron chi connectivity index (χ4n) is 1.50. The highest BCUT2D eigenvalue weighted by atomic mass is 16.2. The highest BCUT2D eigenvalue weighted by Crippen LogP contribution is 2.03. The molecule has 0 aromatic rings. The predicted octanol–water partition coefficient (Wildman–Crippen LogP) is 1.17. The zero-order chi connectivity index (χ0) is 13.6. The third kappa shape index (κ3) is 8.16. The van der Waals surface area contributed by atoms with Gasteiger partial charge in [-0.15, -0.1) is 0 Å². The lowest BCUT2D eigenvalue weighted by Crippen LogP contribution is -2.50. The number of nitrogens with zero attached hydrogens (tertiary/aromatic N) is 2. The lowest BCUT2D eigenvalue weighted by Gasteiger charge is -2.28. The molecule has 4 nitrogen and oxygen atoms in total. The second-order valence-electron chi connectivity index (χ2n) is 6.05. The zero-order valence-corrected chi connectivity index (χ0v) is 12.5. The Morgan fingerprint density at radius 1 is 1.18 bits per heavy atom. The van der Waals surface area contributed by atoms with Crippen LogP contribution in [0.3, 0.4) is 0 Å². The van der Waals surface area contributed by atoms with Crippen molar-refractivity contribution in [2.45, 2.75) is 45.7 Å². The molecule has 0 aliphatic carbocycles. The average Bonchev–Trinajstić information content (AvgIpc) is 2.13. The summed E-state index contributed by atoms with van der Waals surface area (Å²) < 4.78 is 0. The number of rotatable bonds is 6. The van der Waals surface area contributed by atoms with Crippen LogP contribution in [0.2, 0.25) is 0 Å². The first-order valence-corrected chi connectivity index (χ1v) is 6.30. The minimum atomic E-state index is -0.157. The van der Waals surface area contributed by atoms with Crippen LogP contribution in [0.5, 0.6) is 0 Å². The molecule has 1 amide bonds. The van der Waals surface area contributed by atoms with Crippen molar-refractivity contribution >= 4 is 5.91 Å². The Morgan fingerprint density at radius 3 is 2.12 bits per heavy atom. The van der Waals surface area contributed by atoms with E-state index in [9.17, 15) is 4.79 Å². The molecule has 0 aliphatic heterocycles. The molecule has 0 bridgehead atoms. The van der Waals surface area contributed by atoms with Gasteiger partial charge >= 0.3 is 0 Å². The highest BCUT2D eigenvalue weighted by Gasteiger charge is 2.21. The largest absolute Gasteiger partial charge is 0.350 e. The van der Waals surface area contributed by atoms with Gasteiger partial charge in [-0.3, -0.25) is 9.69 Å². The van der Waals surface area contributed by atoms with E-state index in [1.54, 1.807) is 0 Å². The highest BCUT2D eigenvalue weighted by molar-refractivity contribution is 5.81. The number of hydrogen-bond donors (Lipinski definition) is 1. The van der Waals surface area contributed by atoms with E-state index in [1.165, 1.54) is 0 Å². The van der Waals surface area contributed by atoms with E-state index in [0.717, 1.165) is 19.5 Å². The van der Waals surface area contributed by atoms with Crippen molar-refractivity contribution in [2.24, 2.45) is 0 Å². The summed E-state index contributed by atoms with van der Waals surface area (Å²) in [6.07, 6.45) is 1.08. The molecule has 1 unspecified atom stereocenters. The molecule has 0 aromatic heterocycles. The summed E-state index contributed by atoms with van der Waals surface area (Å²) in [7, 11) is 6.13. The molecular weight excluding hydrogens is 214 g/mol. The van der Waals surface area contributed by atoms with Crippen LogP contribution in [-0.4, -0.2) is 61.5 Å². The SMILES string of the molecule is CC(C(=O)NC(C)(C)C)N(C)CCCN(C)C. The van der Waals surface area contributed by atoms with E-state index in [4.69, 9.17) is 0 Å². The fraction of sp³-hybridized carbons (Fsp3) is 0.923. The summed E-state index contributed by atoms with van der Waals surface area (Å²) >= 11 is 0. The number of carbonyl (C=O) groups excluding carboxylic acids is 1. The van der Waals surface area contributed by atoms with Crippen molar-refractivity contribution in [3.63, 3.8) is 0 Å². The third-order valence-electron chi connectivity index (χ3n) is 2.65. The van der Waals surface area contributed by atoms with Crippen LogP contribution in [-0.2, 0) is 4.79 Å². The van der Waals surface area contributed by atoms with Gasteiger partial charge in [0.25, 0.3) is 0 Å². The minimum absolute atomic E-state index is 0.0728. The molecule has 4 heteroatoms. The van der Waals surface area contributed by atoms with Crippen LogP contribution in [0.1, 0.15) is 34.1 Å². The lowest BCUT2D eigenvalue weighted by atomic mass is 10.1. The Morgan fingerprint density at radius 2 is 1.71 bits per heavy atom. The maximum absolute atomic E-state index is 11.9. The molecular formula is C13H29N3O. The van der Waals surface area contributed by atoms with Gasteiger partial charge in [0, 0.05) is 5.54 Å². The summed E-state index contributed by atoms with van der Waals surface area (Å²) in [5.41, 5.74) is -0.157. The van der Waals surface area contributed by atoms with Crippen LogP contribution >= 0.6 is 0 Å². The van der Waals surface area contributed by atoms with Crippen molar-refractivity contribution in [1.82, 2.24) is 15.1 Å². The Balaban J connectivity index is 4.03. The molecule has 0 aromatic carbocycles. The molecule has 0 spiro atoms. The van der Waals surface area contributed by atoms with Gasteiger partial charge in [-0.05, 0) is 68.3 Å². The van der Waals surface area contributed by atoms with E-state index in [0.29, 0.717) is 0 Å². The normalized spacial score (nSPS) is 14.2. The van der Waals surface area contributed by atoms with E-state index < -0.39 is 0 Å². The summed E-state index contributed by atoms with van der Waals surface area (Å²) in [4.78, 5) is 16.2. The van der Waals surface area contributed by atoms with Gasteiger partial charge in [-0.2, -0.15) is 0 Å². The number of carbonyl (C=O) groups is 1. The number of amides is 1. The molecule has 0 aliphatic rings. The Bertz CT molecular complexity index is 233. The van der Waals surface area contributed by atoms with Crippen molar-refractivity contribution in [2.75, 3.05) is 34.2 Å². The molecule has 0 rings (SSSR count). The van der Waals surface area contributed by atoms with Crippen molar-refractivity contribution in [1.29, 1.82) is 0 Å². The second kappa shape index (κ2) is 6.97. The Kier molecular flexibility index (Phi) is 6.72. The molecule has 0 heterocycles. The minimum Gasteiger partial charge on any atom is -0.350 e. The van der Waals surface area contributed by atoms with Crippen molar-refractivity contribution in [3.8, 4) is 0 Å². The van der Waals surface area contributed by atoms with E-state index >= 15 is 0 Å². The summed E-state index contributed by atoms with van der Waals surface area (Å²) in [6, 6.07) is -0.0728. The monoisotopic (exact) mass is 243 g/mol. The summed E-state index contributed by atoms with van der Waals surface area (Å²) in [5.74, 6) is 0.102. The molecule has 0 saturated heterocycles. The fourth-order valence-corrected chi connectivity index (χ4v) is 1.50. The number of hydrogen-bond acceptors (Lipinski definition) is 3. The smallest absolute Gasteiger partial charge is 0.237 e. The average molecular weight is 243 g/mol. The maximum Gasteiger partial charge on any atom is 0.237 e. The Labute approximate surface area is 106 Å². The first-order chi connectivity index (χ1) is 7.63. The molecule has 1 atom stereocenters. The van der Waals surface area contributed by atoms with E-state index in [2.05, 4.69) is 29.2 Å². The number of nitrogens with one attached hydrogen (secondary N) is 1. The summed E-state index contributed by atoms with van der Waals surface area (Å²) in [5, 5.41) is 3.01. The first-order valence-electron chi connectivity index (χ1n) is 6.30.